The summed E-state index contributed by atoms with van der Waals surface area (Å²) in [5, 5.41) is 13.0. The molecular weight excluding hydrogens is 390 g/mol. The minimum absolute atomic E-state index is 0.0811. The molecule has 0 aliphatic carbocycles. The number of thiazole rings is 1. The molecule has 0 bridgehead atoms. The van der Waals surface area contributed by atoms with Gasteiger partial charge in [0, 0.05) is 17.8 Å². The number of nitrogens with zero attached hydrogens (tertiary/aromatic N) is 4. The quantitative estimate of drug-likeness (QED) is 0.555. The molecule has 0 fully saturated rings. The maximum absolute atomic E-state index is 12.3. The zero-order chi connectivity index (χ0) is 20.1. The summed E-state index contributed by atoms with van der Waals surface area (Å²) in [7, 11) is 0. The van der Waals surface area contributed by atoms with Crippen molar-refractivity contribution in [3.8, 4) is 0 Å². The van der Waals surface area contributed by atoms with Gasteiger partial charge in [0.2, 0.25) is 5.91 Å². The molecule has 1 amide bonds. The van der Waals surface area contributed by atoms with Gasteiger partial charge in [-0.25, -0.2) is 4.98 Å². The van der Waals surface area contributed by atoms with Crippen molar-refractivity contribution in [2.75, 3.05) is 11.1 Å². The molecule has 0 saturated heterocycles. The van der Waals surface area contributed by atoms with Crippen molar-refractivity contribution in [2.24, 2.45) is 5.92 Å². The molecule has 148 valence electrons. The maximum Gasteiger partial charge on any atom is 0.236 e. The Morgan fingerprint density at radius 3 is 2.61 bits per heavy atom. The highest BCUT2D eigenvalue weighted by atomic mass is 32.2. The molecule has 0 unspecified atom stereocenters. The molecule has 0 atom stereocenters. The fraction of sp³-hybridized carbons (Fsp3) is 0.400. The first-order valence-corrected chi connectivity index (χ1v) is 11.0. The summed E-state index contributed by atoms with van der Waals surface area (Å²) in [5.74, 6) is 1.58. The predicted octanol–water partition coefficient (Wildman–Crippen LogP) is 4.33. The van der Waals surface area contributed by atoms with Crippen LogP contribution in [-0.4, -0.2) is 31.4 Å². The molecule has 6 nitrogen and oxygen atoms in total. The lowest BCUT2D eigenvalue weighted by Crippen LogP contribution is -2.15. The molecule has 0 radical (unpaired) electrons. The number of carbonyl (C=O) groups excluding carboxylic acids is 1. The van der Waals surface area contributed by atoms with Crippen molar-refractivity contribution in [2.45, 2.75) is 45.8 Å². The highest BCUT2D eigenvalue weighted by Crippen LogP contribution is 2.23. The first kappa shape index (κ1) is 20.5. The third kappa shape index (κ3) is 5.42. The van der Waals surface area contributed by atoms with Gasteiger partial charge in [-0.2, -0.15) is 0 Å². The first-order valence-electron chi connectivity index (χ1n) is 9.25. The Labute approximate surface area is 173 Å². The lowest BCUT2D eigenvalue weighted by Gasteiger charge is -2.12. The number of aryl methyl sites for hydroxylation is 2. The second kappa shape index (κ2) is 9.34. The van der Waals surface area contributed by atoms with E-state index in [1.165, 1.54) is 28.7 Å². The second-order valence-corrected chi connectivity index (χ2v) is 9.21. The van der Waals surface area contributed by atoms with Crippen molar-refractivity contribution in [1.82, 2.24) is 19.7 Å². The van der Waals surface area contributed by atoms with E-state index >= 15 is 0 Å². The van der Waals surface area contributed by atoms with Crippen LogP contribution in [0.3, 0.4) is 0 Å². The monoisotopic (exact) mass is 415 g/mol. The summed E-state index contributed by atoms with van der Waals surface area (Å²) >= 11 is 2.91. The molecule has 0 spiro atoms. The minimum Gasteiger partial charge on any atom is -0.305 e. The zero-order valence-electron chi connectivity index (χ0n) is 16.6. The van der Waals surface area contributed by atoms with Crippen LogP contribution in [0.4, 0.5) is 5.13 Å². The summed E-state index contributed by atoms with van der Waals surface area (Å²) in [6.45, 7) is 9.10. The number of nitrogens with one attached hydrogen (secondary N) is 1. The van der Waals surface area contributed by atoms with Crippen molar-refractivity contribution in [3.63, 3.8) is 0 Å². The van der Waals surface area contributed by atoms with E-state index in [2.05, 4.69) is 51.0 Å². The van der Waals surface area contributed by atoms with Crippen LogP contribution in [0.5, 0.6) is 0 Å². The fourth-order valence-corrected chi connectivity index (χ4v) is 4.29. The van der Waals surface area contributed by atoms with Crippen LogP contribution in [0, 0.1) is 19.8 Å². The predicted molar refractivity (Wildman–Crippen MR) is 115 cm³/mol. The smallest absolute Gasteiger partial charge is 0.236 e. The van der Waals surface area contributed by atoms with E-state index in [0.29, 0.717) is 11.0 Å². The van der Waals surface area contributed by atoms with Gasteiger partial charge in [0.05, 0.1) is 11.4 Å². The summed E-state index contributed by atoms with van der Waals surface area (Å²) in [5.41, 5.74) is 2.15. The standard InChI is InChI=1S/C20H25N5OS2/c1-13(2)11-25-17(10-16-8-6-5-7-9-16)23-24-20(25)27-12-18(26)22-19-21-14(3)15(4)28-19/h5-9,13H,10-12H2,1-4H3,(H,21,22,26). The SMILES string of the molecule is Cc1nc(NC(=O)CSc2nnc(Cc3ccccc3)n2CC(C)C)sc1C. The number of thioether (sulfide) groups is 1. The van der Waals surface area contributed by atoms with E-state index < -0.39 is 0 Å². The number of benzene rings is 1. The Kier molecular flexibility index (Phi) is 6.85. The number of carbonyl (C=O) groups is 1. The van der Waals surface area contributed by atoms with Gasteiger partial charge in [-0.05, 0) is 25.3 Å². The van der Waals surface area contributed by atoms with Gasteiger partial charge in [-0.15, -0.1) is 21.5 Å². The normalized spacial score (nSPS) is 11.2. The van der Waals surface area contributed by atoms with E-state index in [9.17, 15) is 4.79 Å². The zero-order valence-corrected chi connectivity index (χ0v) is 18.2. The summed E-state index contributed by atoms with van der Waals surface area (Å²) < 4.78 is 2.13. The number of hydrogen-bond acceptors (Lipinski definition) is 6. The topological polar surface area (TPSA) is 72.7 Å². The van der Waals surface area contributed by atoms with Gasteiger partial charge < -0.3 is 9.88 Å². The van der Waals surface area contributed by atoms with Gasteiger partial charge in [-0.1, -0.05) is 55.9 Å². The van der Waals surface area contributed by atoms with Crippen molar-refractivity contribution < 1.29 is 4.79 Å². The van der Waals surface area contributed by atoms with Crippen LogP contribution in [0.25, 0.3) is 0 Å². The molecule has 28 heavy (non-hydrogen) atoms. The average Bonchev–Trinajstić information content (AvgIpc) is 3.16. The van der Waals surface area contributed by atoms with Gasteiger partial charge in [0.1, 0.15) is 5.82 Å². The molecule has 3 rings (SSSR count). The third-order valence-corrected chi connectivity index (χ3v) is 6.11. The molecular formula is C20H25N5OS2. The van der Waals surface area contributed by atoms with Crippen LogP contribution < -0.4 is 5.32 Å². The Hall–Kier alpha value is -2.19. The number of anilines is 1. The van der Waals surface area contributed by atoms with Crippen LogP contribution >= 0.6 is 23.1 Å². The molecule has 3 aromatic rings. The second-order valence-electron chi connectivity index (χ2n) is 7.06. The molecule has 0 saturated carbocycles. The number of hydrogen-bond donors (Lipinski definition) is 1. The van der Waals surface area contributed by atoms with Gasteiger partial charge in [-0.3, -0.25) is 4.79 Å². The van der Waals surface area contributed by atoms with E-state index in [-0.39, 0.29) is 11.7 Å². The Balaban J connectivity index is 1.67. The molecule has 0 aliphatic rings. The summed E-state index contributed by atoms with van der Waals surface area (Å²) in [4.78, 5) is 17.8. The largest absolute Gasteiger partial charge is 0.305 e. The molecule has 8 heteroatoms. The van der Waals surface area contributed by atoms with Crippen LogP contribution in [0.1, 0.15) is 35.8 Å². The summed E-state index contributed by atoms with van der Waals surface area (Å²) in [6.07, 6.45) is 0.727. The van der Waals surface area contributed by atoms with Crippen molar-refractivity contribution >= 4 is 34.1 Å². The van der Waals surface area contributed by atoms with Gasteiger partial charge in [0.15, 0.2) is 10.3 Å². The summed E-state index contributed by atoms with van der Waals surface area (Å²) in [6, 6.07) is 10.2. The lowest BCUT2D eigenvalue weighted by molar-refractivity contribution is -0.113. The van der Waals surface area contributed by atoms with Crippen LogP contribution in [-0.2, 0) is 17.8 Å². The highest BCUT2D eigenvalue weighted by Gasteiger charge is 2.16. The molecule has 2 aromatic heterocycles. The van der Waals surface area contributed by atoms with E-state index in [4.69, 9.17) is 0 Å². The van der Waals surface area contributed by atoms with E-state index in [1.807, 2.05) is 32.0 Å². The molecule has 0 aliphatic heterocycles. The number of aromatic nitrogens is 4. The Bertz CT molecular complexity index is 914. The average molecular weight is 416 g/mol. The molecule has 1 N–H and O–H groups in total. The van der Waals surface area contributed by atoms with Crippen molar-refractivity contribution in [3.05, 3.63) is 52.3 Å². The number of rotatable bonds is 8. The third-order valence-electron chi connectivity index (χ3n) is 4.15. The number of amides is 1. The van der Waals surface area contributed by atoms with E-state index in [0.717, 1.165) is 34.5 Å². The first-order chi connectivity index (χ1) is 13.4. The van der Waals surface area contributed by atoms with Crippen LogP contribution in [0.2, 0.25) is 0 Å². The van der Waals surface area contributed by atoms with E-state index in [1.54, 1.807) is 0 Å². The maximum atomic E-state index is 12.3. The van der Waals surface area contributed by atoms with Gasteiger partial charge >= 0.3 is 0 Å². The fourth-order valence-electron chi connectivity index (χ4n) is 2.70. The highest BCUT2D eigenvalue weighted by molar-refractivity contribution is 7.99. The Morgan fingerprint density at radius 1 is 1.21 bits per heavy atom. The van der Waals surface area contributed by atoms with Crippen molar-refractivity contribution in [1.29, 1.82) is 0 Å². The Morgan fingerprint density at radius 2 is 1.96 bits per heavy atom. The molecule has 2 heterocycles. The van der Waals surface area contributed by atoms with Gasteiger partial charge in [0.25, 0.3) is 0 Å². The minimum atomic E-state index is -0.0811. The van der Waals surface area contributed by atoms with Crippen LogP contribution in [0.15, 0.2) is 35.5 Å². The molecule has 1 aromatic carbocycles. The lowest BCUT2D eigenvalue weighted by atomic mass is 10.1.